The van der Waals surface area contributed by atoms with Crippen LogP contribution in [-0.2, 0) is 0 Å². The summed E-state index contributed by atoms with van der Waals surface area (Å²) in [6, 6.07) is 4.40. The van der Waals surface area contributed by atoms with Crippen molar-refractivity contribution < 1.29 is 4.79 Å². The summed E-state index contributed by atoms with van der Waals surface area (Å²) in [5, 5.41) is 0. The molecule has 1 aromatic heterocycles. The number of hydrogen-bond donors (Lipinski definition) is 0. The van der Waals surface area contributed by atoms with Crippen LogP contribution in [0.1, 0.15) is 44.1 Å². The van der Waals surface area contributed by atoms with Crippen molar-refractivity contribution in [3.8, 4) is 0 Å². The average molecular weight is 232 g/mol. The molecule has 0 aliphatic carbocycles. The maximum atomic E-state index is 11.2. The Morgan fingerprint density at radius 2 is 2.12 bits per heavy atom. The number of carbonyl (C=O) groups excluding carboxylic acids is 1. The van der Waals surface area contributed by atoms with Gasteiger partial charge < -0.3 is 4.90 Å². The highest BCUT2D eigenvalue weighted by molar-refractivity contribution is 5.92. The van der Waals surface area contributed by atoms with Crippen LogP contribution in [0.4, 0.5) is 5.69 Å². The number of hydrogen-bond acceptors (Lipinski definition) is 3. The molecule has 0 N–H and O–H groups in total. The van der Waals surface area contributed by atoms with E-state index in [-0.39, 0.29) is 5.78 Å². The summed E-state index contributed by atoms with van der Waals surface area (Å²) < 4.78 is 0. The van der Waals surface area contributed by atoms with Crippen LogP contribution in [0.2, 0.25) is 0 Å². The van der Waals surface area contributed by atoms with E-state index in [9.17, 15) is 4.79 Å². The van der Waals surface area contributed by atoms with Crippen LogP contribution in [0, 0.1) is 5.92 Å². The first-order valence-corrected chi connectivity index (χ1v) is 6.31. The van der Waals surface area contributed by atoms with E-state index < -0.39 is 0 Å². The molecule has 2 unspecified atom stereocenters. The molecule has 0 aromatic carbocycles. The van der Waals surface area contributed by atoms with E-state index in [1.54, 1.807) is 6.92 Å². The fraction of sp³-hybridized carbons (Fsp3) is 0.571. The molecule has 17 heavy (non-hydrogen) atoms. The predicted octanol–water partition coefficient (Wildman–Crippen LogP) is 2.91. The molecule has 3 heteroatoms. The predicted molar refractivity (Wildman–Crippen MR) is 69.4 cm³/mol. The summed E-state index contributed by atoms with van der Waals surface area (Å²) in [4.78, 5) is 17.8. The molecular weight excluding hydrogens is 212 g/mol. The highest BCUT2D eigenvalue weighted by Gasteiger charge is 2.23. The van der Waals surface area contributed by atoms with Crippen molar-refractivity contribution in [3.63, 3.8) is 0 Å². The van der Waals surface area contributed by atoms with Crippen molar-refractivity contribution in [3.05, 3.63) is 24.0 Å². The summed E-state index contributed by atoms with van der Waals surface area (Å²) in [6.45, 7) is 7.18. The van der Waals surface area contributed by atoms with E-state index in [4.69, 9.17) is 0 Å². The lowest BCUT2D eigenvalue weighted by molar-refractivity contribution is 0.101. The Bertz CT molecular complexity index is 399. The number of aromatic nitrogens is 1. The number of anilines is 1. The third kappa shape index (κ3) is 2.65. The summed E-state index contributed by atoms with van der Waals surface area (Å²) in [7, 11) is 0. The third-order valence-corrected chi connectivity index (χ3v) is 3.56. The average Bonchev–Trinajstić information content (AvgIpc) is 2.32. The maximum absolute atomic E-state index is 11.2. The maximum Gasteiger partial charge on any atom is 0.178 e. The van der Waals surface area contributed by atoms with Gasteiger partial charge in [0, 0.05) is 19.5 Å². The Kier molecular flexibility index (Phi) is 3.46. The first-order chi connectivity index (χ1) is 8.08. The lowest BCUT2D eigenvalue weighted by Gasteiger charge is -2.38. The smallest absolute Gasteiger partial charge is 0.178 e. The van der Waals surface area contributed by atoms with E-state index in [1.165, 1.54) is 12.8 Å². The number of carbonyl (C=O) groups is 1. The van der Waals surface area contributed by atoms with Gasteiger partial charge in [-0.3, -0.25) is 9.78 Å². The molecule has 92 valence electrons. The van der Waals surface area contributed by atoms with E-state index in [2.05, 4.69) is 23.7 Å². The lowest BCUT2D eigenvalue weighted by atomic mass is 9.94. The van der Waals surface area contributed by atoms with Gasteiger partial charge in [-0.25, -0.2) is 0 Å². The van der Waals surface area contributed by atoms with Gasteiger partial charge in [-0.2, -0.15) is 0 Å². The standard InChI is InChI=1S/C14H20N2O/c1-10-4-5-11(2)16(9-10)13-6-7-14(12(3)17)15-8-13/h6-8,10-11H,4-5,9H2,1-3H3. The van der Waals surface area contributed by atoms with Gasteiger partial charge in [0.2, 0.25) is 0 Å². The van der Waals surface area contributed by atoms with Crippen LogP contribution < -0.4 is 4.90 Å². The Morgan fingerprint density at radius 3 is 2.71 bits per heavy atom. The number of ketones is 1. The molecule has 0 saturated carbocycles. The van der Waals surface area contributed by atoms with Crippen LogP contribution >= 0.6 is 0 Å². The summed E-state index contributed by atoms with van der Waals surface area (Å²) in [5.74, 6) is 0.760. The van der Waals surface area contributed by atoms with Gasteiger partial charge in [0.15, 0.2) is 5.78 Å². The highest BCUT2D eigenvalue weighted by Crippen LogP contribution is 2.26. The second-order valence-corrected chi connectivity index (χ2v) is 5.14. The van der Waals surface area contributed by atoms with E-state index in [0.29, 0.717) is 11.7 Å². The van der Waals surface area contributed by atoms with Crippen LogP contribution in [0.25, 0.3) is 0 Å². The van der Waals surface area contributed by atoms with Gasteiger partial charge in [0.1, 0.15) is 5.69 Å². The van der Waals surface area contributed by atoms with Gasteiger partial charge in [0.25, 0.3) is 0 Å². The van der Waals surface area contributed by atoms with Crippen LogP contribution in [0.15, 0.2) is 18.3 Å². The number of piperidine rings is 1. The molecule has 1 fully saturated rings. The topological polar surface area (TPSA) is 33.2 Å². The van der Waals surface area contributed by atoms with Crippen molar-refractivity contribution in [1.29, 1.82) is 0 Å². The van der Waals surface area contributed by atoms with Crippen molar-refractivity contribution >= 4 is 11.5 Å². The Balaban J connectivity index is 2.18. The SMILES string of the molecule is CC(=O)c1ccc(N2CC(C)CCC2C)cn1. The minimum atomic E-state index is 0.0246. The van der Waals surface area contributed by atoms with Crippen LogP contribution in [0.5, 0.6) is 0 Å². The van der Waals surface area contributed by atoms with E-state index in [1.807, 2.05) is 18.3 Å². The molecule has 1 saturated heterocycles. The molecule has 0 amide bonds. The molecule has 3 nitrogen and oxygen atoms in total. The van der Waals surface area contributed by atoms with Crippen molar-refractivity contribution in [2.45, 2.75) is 39.7 Å². The van der Waals surface area contributed by atoms with Crippen molar-refractivity contribution in [2.24, 2.45) is 5.92 Å². The fourth-order valence-corrected chi connectivity index (χ4v) is 2.41. The number of rotatable bonds is 2. The first-order valence-electron chi connectivity index (χ1n) is 6.31. The normalized spacial score (nSPS) is 24.8. The molecule has 1 aromatic rings. The summed E-state index contributed by atoms with van der Waals surface area (Å²) >= 11 is 0. The minimum Gasteiger partial charge on any atom is -0.367 e. The Labute approximate surface area is 103 Å². The molecule has 0 bridgehead atoms. The van der Waals surface area contributed by atoms with Gasteiger partial charge >= 0.3 is 0 Å². The molecular formula is C14H20N2O. The van der Waals surface area contributed by atoms with Gasteiger partial charge in [-0.1, -0.05) is 6.92 Å². The van der Waals surface area contributed by atoms with Crippen LogP contribution in [-0.4, -0.2) is 23.4 Å². The quantitative estimate of drug-likeness (QED) is 0.735. The molecule has 1 aliphatic rings. The second-order valence-electron chi connectivity index (χ2n) is 5.14. The Hall–Kier alpha value is -1.38. The molecule has 0 spiro atoms. The minimum absolute atomic E-state index is 0.0246. The molecule has 2 rings (SSSR count). The molecule has 2 heterocycles. The first kappa shape index (κ1) is 12.1. The number of Topliss-reactive ketones (excluding diaryl/α,β-unsaturated/α-hetero) is 1. The largest absolute Gasteiger partial charge is 0.367 e. The zero-order valence-corrected chi connectivity index (χ0v) is 10.8. The van der Waals surface area contributed by atoms with Gasteiger partial charge in [-0.05, 0) is 37.8 Å². The zero-order chi connectivity index (χ0) is 12.4. The van der Waals surface area contributed by atoms with Gasteiger partial charge in [-0.15, -0.1) is 0 Å². The number of pyridine rings is 1. The molecule has 0 radical (unpaired) electrons. The van der Waals surface area contributed by atoms with E-state index in [0.717, 1.165) is 18.2 Å². The highest BCUT2D eigenvalue weighted by atomic mass is 16.1. The second kappa shape index (κ2) is 4.86. The monoisotopic (exact) mass is 232 g/mol. The summed E-state index contributed by atoms with van der Waals surface area (Å²) in [6.07, 6.45) is 4.36. The van der Waals surface area contributed by atoms with Crippen molar-refractivity contribution in [2.75, 3.05) is 11.4 Å². The van der Waals surface area contributed by atoms with Crippen LogP contribution in [0.3, 0.4) is 0 Å². The molecule has 2 atom stereocenters. The lowest BCUT2D eigenvalue weighted by Crippen LogP contribution is -2.41. The number of nitrogens with zero attached hydrogens (tertiary/aromatic N) is 2. The Morgan fingerprint density at radius 1 is 1.35 bits per heavy atom. The third-order valence-electron chi connectivity index (χ3n) is 3.56. The zero-order valence-electron chi connectivity index (χ0n) is 10.8. The van der Waals surface area contributed by atoms with Gasteiger partial charge in [0.05, 0.1) is 11.9 Å². The fourth-order valence-electron chi connectivity index (χ4n) is 2.41. The van der Waals surface area contributed by atoms with E-state index >= 15 is 0 Å². The summed E-state index contributed by atoms with van der Waals surface area (Å²) in [5.41, 5.74) is 1.68. The van der Waals surface area contributed by atoms with Crippen molar-refractivity contribution in [1.82, 2.24) is 4.98 Å². The molecule has 1 aliphatic heterocycles.